The fourth-order valence-corrected chi connectivity index (χ4v) is 6.79. The van der Waals surface area contributed by atoms with Crippen molar-refractivity contribution in [3.63, 3.8) is 0 Å². The number of para-hydroxylation sites is 1. The second-order valence-electron chi connectivity index (χ2n) is 8.73. The molecule has 3 atom stereocenters. The van der Waals surface area contributed by atoms with E-state index in [1.165, 1.54) is 12.1 Å². The highest BCUT2D eigenvalue weighted by molar-refractivity contribution is 7.89. The quantitative estimate of drug-likeness (QED) is 0.623. The molecular weight excluding hydrogens is 447 g/mol. The zero-order chi connectivity index (χ0) is 23.2. The molecule has 3 aliphatic rings. The minimum Gasteiger partial charge on any atom is -0.493 e. The lowest BCUT2D eigenvalue weighted by Gasteiger charge is -2.22. The average molecular weight is 473 g/mol. The topological polar surface area (TPSA) is 87.2 Å². The first-order chi connectivity index (χ1) is 15.9. The van der Waals surface area contributed by atoms with Crippen molar-refractivity contribution in [2.45, 2.75) is 29.2 Å². The average Bonchev–Trinajstić information content (AvgIpc) is 3.24. The second kappa shape index (κ2) is 8.23. The van der Waals surface area contributed by atoms with E-state index in [1.807, 2.05) is 6.08 Å². The van der Waals surface area contributed by atoms with Crippen LogP contribution in [-0.2, 0) is 14.8 Å². The summed E-state index contributed by atoms with van der Waals surface area (Å²) < 4.78 is 47.9. The first-order valence-electron chi connectivity index (χ1n) is 11.0. The summed E-state index contributed by atoms with van der Waals surface area (Å²) in [6, 6.07) is 12.8. The van der Waals surface area contributed by atoms with Crippen LogP contribution in [0.25, 0.3) is 6.08 Å². The number of rotatable bonds is 7. The molecule has 174 valence electrons. The normalized spacial score (nSPS) is 26.7. The molecule has 0 amide bonds. The van der Waals surface area contributed by atoms with Crippen molar-refractivity contribution in [3.05, 3.63) is 65.7 Å². The number of carbonyl (C=O) groups is 1. The molecule has 0 radical (unpaired) electrons. The predicted molar refractivity (Wildman–Crippen MR) is 120 cm³/mol. The van der Waals surface area contributed by atoms with Gasteiger partial charge in [0.2, 0.25) is 0 Å². The lowest BCUT2D eigenvalue weighted by molar-refractivity contribution is -0.149. The molecule has 1 saturated heterocycles. The van der Waals surface area contributed by atoms with Gasteiger partial charge in [0, 0.05) is 23.9 Å². The van der Waals surface area contributed by atoms with Crippen molar-refractivity contribution in [3.8, 4) is 5.75 Å². The summed E-state index contributed by atoms with van der Waals surface area (Å²) in [7, 11) is -4.75. The molecule has 0 spiro atoms. The number of aliphatic carboxylic acids is 1. The van der Waals surface area contributed by atoms with Crippen LogP contribution in [0.5, 0.6) is 5.75 Å². The Hall–Kier alpha value is -2.75. The predicted octanol–water partition coefficient (Wildman–Crippen LogP) is 3.30. The molecule has 9 heteroatoms. The highest BCUT2D eigenvalue weighted by atomic mass is 32.2. The highest BCUT2D eigenvalue weighted by Crippen LogP contribution is 2.66. The van der Waals surface area contributed by atoms with Gasteiger partial charge in [0.25, 0.3) is 10.0 Å². The molecule has 33 heavy (non-hydrogen) atoms. The Morgan fingerprint density at radius 3 is 2.64 bits per heavy atom. The largest absolute Gasteiger partial charge is 0.493 e. The van der Waals surface area contributed by atoms with E-state index in [9.17, 15) is 18.3 Å². The number of hydrogen-bond acceptors (Lipinski definition) is 5. The summed E-state index contributed by atoms with van der Waals surface area (Å²) in [6.07, 6.45) is 5.80. The zero-order valence-electron chi connectivity index (χ0n) is 17.9. The Balaban J connectivity index is 1.48. The van der Waals surface area contributed by atoms with E-state index >= 15 is 4.48 Å². The first-order valence-corrected chi connectivity index (χ1v) is 12.5. The van der Waals surface area contributed by atoms with Crippen molar-refractivity contribution in [1.82, 2.24) is 9.43 Å². The number of nitrogens with zero attached hydrogens (tertiary/aromatic N) is 2. The van der Waals surface area contributed by atoms with E-state index in [0.717, 1.165) is 25.9 Å². The van der Waals surface area contributed by atoms with Gasteiger partial charge in [0.15, 0.2) is 5.54 Å². The number of halogens is 1. The van der Waals surface area contributed by atoms with Crippen molar-refractivity contribution >= 4 is 22.1 Å². The van der Waals surface area contributed by atoms with E-state index in [4.69, 9.17) is 4.74 Å². The summed E-state index contributed by atoms with van der Waals surface area (Å²) in [5.74, 6) is -2.70. The van der Waals surface area contributed by atoms with Crippen molar-refractivity contribution in [2.75, 3.05) is 26.2 Å². The molecule has 7 nitrogen and oxygen atoms in total. The van der Waals surface area contributed by atoms with Crippen molar-refractivity contribution < 1.29 is 27.5 Å². The molecule has 0 bridgehead atoms. The number of carboxylic acids is 1. The van der Waals surface area contributed by atoms with Gasteiger partial charge in [-0.25, -0.2) is 8.42 Å². The Labute approximate surface area is 192 Å². The van der Waals surface area contributed by atoms with Crippen LogP contribution in [0.1, 0.15) is 29.9 Å². The number of fused-ring (bicyclic) bond motifs is 3. The SMILES string of the molecule is O=C(O)C1(N(F)S(=O)(=O)c2ccccc2/C=C\CN2CCCC2)[C@H]2COc3ccccc3[C@@H]21. The Morgan fingerprint density at radius 2 is 1.88 bits per heavy atom. The van der Waals surface area contributed by atoms with Crippen LogP contribution in [0.3, 0.4) is 0 Å². The Morgan fingerprint density at radius 1 is 1.18 bits per heavy atom. The molecular formula is C24H25FN2O5S. The number of carboxylic acid groups (broad SMARTS) is 1. The molecule has 1 unspecified atom stereocenters. The van der Waals surface area contributed by atoms with Crippen LogP contribution in [-0.4, -0.2) is 60.7 Å². The Bertz CT molecular complexity index is 1210. The van der Waals surface area contributed by atoms with E-state index in [0.29, 0.717) is 23.4 Å². The summed E-state index contributed by atoms with van der Waals surface area (Å²) in [5.41, 5.74) is -1.41. The smallest absolute Gasteiger partial charge is 0.329 e. The third-order valence-electron chi connectivity index (χ3n) is 6.91. The van der Waals surface area contributed by atoms with Gasteiger partial charge in [-0.05, 0) is 48.2 Å². The molecule has 2 aromatic rings. The summed E-state index contributed by atoms with van der Waals surface area (Å²) in [5, 5.41) is 10.1. The standard InChI is InChI=1S/C24H25FN2O5S/c25-27(24(23(28)29)19-16-32-20-11-3-2-10-18(20)22(19)24)33(30,31)21-12-4-1-8-17(21)9-7-15-26-13-5-6-14-26/h1-4,7-12,19,22H,5-6,13-16H2,(H,28,29)/b9-7-/t19-,22-,24?/m0/s1. The number of benzene rings is 2. The highest BCUT2D eigenvalue weighted by Gasteiger charge is 2.79. The third kappa shape index (κ3) is 3.46. The van der Waals surface area contributed by atoms with Gasteiger partial charge < -0.3 is 9.84 Å². The fraction of sp³-hybridized carbons (Fsp3) is 0.375. The molecule has 2 aliphatic heterocycles. The maximum Gasteiger partial charge on any atom is 0.329 e. The van der Waals surface area contributed by atoms with Gasteiger partial charge >= 0.3 is 5.97 Å². The number of likely N-dealkylation sites (tertiary alicyclic amines) is 1. The molecule has 2 heterocycles. The van der Waals surface area contributed by atoms with Gasteiger partial charge in [0.1, 0.15) is 5.75 Å². The van der Waals surface area contributed by atoms with Crippen molar-refractivity contribution in [2.24, 2.45) is 5.92 Å². The molecule has 0 aromatic heterocycles. The maximum atomic E-state index is 15.9. The van der Waals surface area contributed by atoms with Crippen LogP contribution in [0.2, 0.25) is 0 Å². The fourth-order valence-electron chi connectivity index (χ4n) is 5.21. The lowest BCUT2D eigenvalue weighted by Crippen LogP contribution is -2.45. The van der Waals surface area contributed by atoms with E-state index in [1.54, 1.807) is 42.5 Å². The van der Waals surface area contributed by atoms with Gasteiger partial charge in [-0.1, -0.05) is 48.6 Å². The number of hydrogen-bond donors (Lipinski definition) is 1. The Kier molecular flexibility index (Phi) is 5.50. The van der Waals surface area contributed by atoms with Crippen LogP contribution < -0.4 is 4.74 Å². The minimum atomic E-state index is -4.75. The van der Waals surface area contributed by atoms with Gasteiger partial charge in [-0.15, -0.1) is 4.48 Å². The van der Waals surface area contributed by atoms with Gasteiger partial charge in [-0.2, -0.15) is 0 Å². The summed E-state index contributed by atoms with van der Waals surface area (Å²) in [6.45, 7) is 2.60. The van der Waals surface area contributed by atoms with E-state index < -0.39 is 37.9 Å². The molecule has 2 aromatic carbocycles. The van der Waals surface area contributed by atoms with Gasteiger partial charge in [-0.3, -0.25) is 9.69 Å². The number of ether oxygens (including phenoxy) is 1. The lowest BCUT2D eigenvalue weighted by atomic mass is 10.0. The molecule has 1 aliphatic carbocycles. The van der Waals surface area contributed by atoms with Gasteiger partial charge in [0.05, 0.1) is 11.5 Å². The maximum absolute atomic E-state index is 15.9. The minimum absolute atomic E-state index is 0.0682. The number of sulfonamides is 1. The zero-order valence-corrected chi connectivity index (χ0v) is 18.7. The van der Waals surface area contributed by atoms with E-state index in [-0.39, 0.29) is 11.5 Å². The monoisotopic (exact) mass is 472 g/mol. The van der Waals surface area contributed by atoms with Crippen LogP contribution in [0, 0.1) is 5.92 Å². The third-order valence-corrected chi connectivity index (χ3v) is 8.56. The van der Waals surface area contributed by atoms with Crippen LogP contribution in [0.4, 0.5) is 4.48 Å². The van der Waals surface area contributed by atoms with Crippen LogP contribution in [0.15, 0.2) is 59.5 Å². The molecule has 1 N–H and O–H groups in total. The van der Waals surface area contributed by atoms with E-state index in [2.05, 4.69) is 4.90 Å². The second-order valence-corrected chi connectivity index (χ2v) is 10.4. The molecule has 1 saturated carbocycles. The molecule has 2 fully saturated rings. The van der Waals surface area contributed by atoms with Crippen LogP contribution >= 0.6 is 0 Å². The van der Waals surface area contributed by atoms with Crippen molar-refractivity contribution in [1.29, 1.82) is 0 Å². The first kappa shape index (κ1) is 22.1. The molecule has 5 rings (SSSR count). The summed E-state index contributed by atoms with van der Waals surface area (Å²) in [4.78, 5) is 14.4. The summed E-state index contributed by atoms with van der Waals surface area (Å²) >= 11 is 0.